The quantitative estimate of drug-likeness (QED) is 0.824. The first-order chi connectivity index (χ1) is 10.4. The van der Waals surface area contributed by atoms with E-state index >= 15 is 0 Å². The summed E-state index contributed by atoms with van der Waals surface area (Å²) in [5.74, 6) is -1.68. The van der Waals surface area contributed by atoms with Gasteiger partial charge in [0.2, 0.25) is 0 Å². The van der Waals surface area contributed by atoms with Crippen LogP contribution in [0.25, 0.3) is 0 Å². The number of nitrogens with zero attached hydrogens (tertiary/aromatic N) is 3. The van der Waals surface area contributed by atoms with Crippen LogP contribution >= 0.6 is 0 Å². The topological polar surface area (TPSA) is 115 Å². The van der Waals surface area contributed by atoms with E-state index < -0.39 is 18.0 Å². The van der Waals surface area contributed by atoms with Gasteiger partial charge in [0.1, 0.15) is 11.8 Å². The van der Waals surface area contributed by atoms with Gasteiger partial charge in [-0.3, -0.25) is 0 Å². The Hall–Kier alpha value is -2.90. The number of aliphatic carboxylic acids is 1. The maximum atomic E-state index is 11.2. The van der Waals surface area contributed by atoms with Crippen molar-refractivity contribution in [3.63, 3.8) is 0 Å². The highest BCUT2D eigenvalue weighted by Crippen LogP contribution is 2.19. The molecule has 0 aliphatic carbocycles. The zero-order valence-electron chi connectivity index (χ0n) is 12.1. The van der Waals surface area contributed by atoms with E-state index in [-0.39, 0.29) is 17.8 Å². The lowest BCUT2D eigenvalue weighted by atomic mass is 10.1. The molecule has 0 radical (unpaired) electrons. The van der Waals surface area contributed by atoms with E-state index in [1.54, 1.807) is 31.4 Å². The molecule has 8 heteroatoms. The molecule has 116 valence electrons. The highest BCUT2D eigenvalue weighted by molar-refractivity contribution is 5.86. The van der Waals surface area contributed by atoms with E-state index in [0.717, 1.165) is 10.2 Å². The van der Waals surface area contributed by atoms with Crippen LogP contribution in [0.2, 0.25) is 0 Å². The monoisotopic (exact) mass is 305 g/mol. The van der Waals surface area contributed by atoms with Gasteiger partial charge >= 0.3 is 11.9 Å². The average molecular weight is 305 g/mol. The third-order valence-electron chi connectivity index (χ3n) is 3.25. The van der Waals surface area contributed by atoms with Crippen molar-refractivity contribution < 1.29 is 24.5 Å². The Balaban J connectivity index is 2.40. The van der Waals surface area contributed by atoms with Gasteiger partial charge in [-0.15, -0.1) is 5.10 Å². The van der Waals surface area contributed by atoms with Crippen molar-refractivity contribution in [2.75, 3.05) is 7.11 Å². The van der Waals surface area contributed by atoms with Crippen LogP contribution in [-0.2, 0) is 11.2 Å². The number of ether oxygens (including phenoxy) is 1. The van der Waals surface area contributed by atoms with E-state index in [1.807, 2.05) is 0 Å². The molecule has 1 unspecified atom stereocenters. The first-order valence-corrected chi connectivity index (χ1v) is 6.47. The smallest absolute Gasteiger partial charge is 0.358 e. The number of aromatic nitrogens is 3. The molecule has 2 N–H and O–H groups in total. The minimum Gasteiger partial charge on any atom is -0.497 e. The molecule has 0 spiro atoms. The van der Waals surface area contributed by atoms with Crippen LogP contribution in [0.1, 0.15) is 34.7 Å². The molecule has 0 fully saturated rings. The summed E-state index contributed by atoms with van der Waals surface area (Å²) in [5, 5.41) is 25.5. The average Bonchev–Trinajstić information content (AvgIpc) is 2.90. The number of carbonyl (C=O) groups is 2. The normalized spacial score (nSPS) is 11.9. The summed E-state index contributed by atoms with van der Waals surface area (Å²) >= 11 is 0. The van der Waals surface area contributed by atoms with Crippen LogP contribution < -0.4 is 4.74 Å². The lowest BCUT2D eigenvalue weighted by Crippen LogP contribution is -2.20. The van der Waals surface area contributed by atoms with E-state index in [2.05, 4.69) is 10.3 Å². The predicted molar refractivity (Wildman–Crippen MR) is 75.1 cm³/mol. The summed E-state index contributed by atoms with van der Waals surface area (Å²) in [7, 11) is 1.55. The number of carboxylic acid groups (broad SMARTS) is 2. The van der Waals surface area contributed by atoms with Crippen molar-refractivity contribution in [1.82, 2.24) is 15.0 Å². The fourth-order valence-electron chi connectivity index (χ4n) is 2.00. The second kappa shape index (κ2) is 6.25. The van der Waals surface area contributed by atoms with Gasteiger partial charge in [0, 0.05) is 6.42 Å². The molecule has 0 saturated heterocycles. The maximum Gasteiger partial charge on any atom is 0.358 e. The van der Waals surface area contributed by atoms with Crippen LogP contribution in [0.15, 0.2) is 24.3 Å². The van der Waals surface area contributed by atoms with Crippen molar-refractivity contribution in [2.45, 2.75) is 19.4 Å². The van der Waals surface area contributed by atoms with Crippen LogP contribution in [0, 0.1) is 0 Å². The number of hydrogen-bond acceptors (Lipinski definition) is 5. The molecule has 0 aliphatic heterocycles. The summed E-state index contributed by atoms with van der Waals surface area (Å²) in [6.07, 6.45) is 0.205. The van der Waals surface area contributed by atoms with Crippen molar-refractivity contribution in [3.8, 4) is 5.75 Å². The minimum absolute atomic E-state index is 0.205. The molecule has 1 aromatic heterocycles. The van der Waals surface area contributed by atoms with Crippen molar-refractivity contribution >= 4 is 11.9 Å². The van der Waals surface area contributed by atoms with Gasteiger partial charge in [0.15, 0.2) is 5.69 Å². The van der Waals surface area contributed by atoms with Gasteiger partial charge in [-0.1, -0.05) is 17.3 Å². The number of methoxy groups -OCH3 is 1. The predicted octanol–water partition coefficient (Wildman–Crippen LogP) is 1.22. The molecule has 8 nitrogen and oxygen atoms in total. The standard InChI is InChI=1S/C14H15N3O5/c1-8(13(18)19)17-11(12(14(20)21)15-16-17)7-9-3-5-10(22-2)6-4-9/h3-6,8H,7H2,1-2H3,(H,18,19)(H,20,21). The van der Waals surface area contributed by atoms with E-state index in [4.69, 9.17) is 9.84 Å². The summed E-state index contributed by atoms with van der Waals surface area (Å²) < 4.78 is 6.18. The molecule has 0 aliphatic rings. The number of aromatic carboxylic acids is 1. The van der Waals surface area contributed by atoms with Gasteiger partial charge in [-0.2, -0.15) is 0 Å². The molecule has 2 aromatic rings. The summed E-state index contributed by atoms with van der Waals surface area (Å²) in [4.78, 5) is 22.3. The Morgan fingerprint density at radius 3 is 2.41 bits per heavy atom. The van der Waals surface area contributed by atoms with Gasteiger partial charge < -0.3 is 14.9 Å². The van der Waals surface area contributed by atoms with Crippen LogP contribution in [0.4, 0.5) is 0 Å². The van der Waals surface area contributed by atoms with Gasteiger partial charge in [0.05, 0.1) is 12.8 Å². The molecular weight excluding hydrogens is 290 g/mol. The highest BCUT2D eigenvalue weighted by Gasteiger charge is 2.25. The van der Waals surface area contributed by atoms with E-state index in [9.17, 15) is 14.7 Å². The minimum atomic E-state index is -1.24. The Kier molecular flexibility index (Phi) is 4.40. The second-order valence-corrected chi connectivity index (χ2v) is 4.67. The zero-order valence-corrected chi connectivity index (χ0v) is 12.1. The Labute approximate surface area is 125 Å². The summed E-state index contributed by atoms with van der Waals surface area (Å²) in [6.45, 7) is 1.42. The highest BCUT2D eigenvalue weighted by atomic mass is 16.5. The van der Waals surface area contributed by atoms with E-state index in [1.165, 1.54) is 6.92 Å². The fourth-order valence-corrected chi connectivity index (χ4v) is 2.00. The lowest BCUT2D eigenvalue weighted by molar-refractivity contribution is -0.140. The second-order valence-electron chi connectivity index (χ2n) is 4.67. The molecule has 1 atom stereocenters. The number of benzene rings is 1. The molecule has 0 saturated carbocycles. The van der Waals surface area contributed by atoms with Crippen molar-refractivity contribution in [2.24, 2.45) is 0 Å². The van der Waals surface area contributed by atoms with Gasteiger partial charge in [-0.05, 0) is 24.6 Å². The van der Waals surface area contributed by atoms with Gasteiger partial charge in [0.25, 0.3) is 0 Å². The van der Waals surface area contributed by atoms with Crippen molar-refractivity contribution in [1.29, 1.82) is 0 Å². The Morgan fingerprint density at radius 1 is 1.27 bits per heavy atom. The number of rotatable bonds is 6. The Morgan fingerprint density at radius 2 is 1.91 bits per heavy atom. The molecule has 0 amide bonds. The Bertz CT molecular complexity index is 693. The molecule has 0 bridgehead atoms. The summed E-state index contributed by atoms with van der Waals surface area (Å²) in [6, 6.07) is 6.02. The molecule has 1 aromatic carbocycles. The largest absolute Gasteiger partial charge is 0.497 e. The summed E-state index contributed by atoms with van der Waals surface area (Å²) in [5.41, 5.74) is 0.793. The number of hydrogen-bond donors (Lipinski definition) is 2. The SMILES string of the molecule is COc1ccc(Cc2c(C(=O)O)nnn2C(C)C(=O)O)cc1. The maximum absolute atomic E-state index is 11.2. The fraction of sp³-hybridized carbons (Fsp3) is 0.286. The van der Waals surface area contributed by atoms with Gasteiger partial charge in [-0.25, -0.2) is 14.3 Å². The van der Waals surface area contributed by atoms with Crippen LogP contribution in [0.3, 0.4) is 0 Å². The number of carboxylic acids is 2. The first kappa shape index (κ1) is 15.5. The zero-order chi connectivity index (χ0) is 16.3. The molecule has 22 heavy (non-hydrogen) atoms. The van der Waals surface area contributed by atoms with Crippen LogP contribution in [-0.4, -0.2) is 44.3 Å². The van der Waals surface area contributed by atoms with Crippen LogP contribution in [0.5, 0.6) is 5.75 Å². The van der Waals surface area contributed by atoms with E-state index in [0.29, 0.717) is 5.75 Å². The molecular formula is C14H15N3O5. The lowest BCUT2D eigenvalue weighted by Gasteiger charge is -2.11. The first-order valence-electron chi connectivity index (χ1n) is 6.47. The van der Waals surface area contributed by atoms with Crippen molar-refractivity contribution in [3.05, 3.63) is 41.2 Å². The molecule has 1 heterocycles. The molecule has 2 rings (SSSR count). The third-order valence-corrected chi connectivity index (χ3v) is 3.25. The third kappa shape index (κ3) is 3.05.